The van der Waals surface area contributed by atoms with Gasteiger partial charge >= 0.3 is 0 Å². The van der Waals surface area contributed by atoms with Crippen LogP contribution in [0.5, 0.6) is 0 Å². The largest absolute Gasteiger partial charge is 0.333 e. The van der Waals surface area contributed by atoms with Gasteiger partial charge in [-0.2, -0.15) is 0 Å². The lowest BCUT2D eigenvalue weighted by molar-refractivity contribution is 0.0939. The molecule has 72 valence electrons. The van der Waals surface area contributed by atoms with E-state index in [-0.39, 0.29) is 11.7 Å². The third-order valence-corrected chi connectivity index (χ3v) is 1.58. The van der Waals surface area contributed by atoms with Gasteiger partial charge in [0.2, 0.25) is 0 Å². The van der Waals surface area contributed by atoms with Crippen LogP contribution >= 0.6 is 9.12 Å². The average molecular weight is 198 g/mol. The second kappa shape index (κ2) is 6.62. The summed E-state index contributed by atoms with van der Waals surface area (Å²) in [6.45, 7) is 3.82. The summed E-state index contributed by atoms with van der Waals surface area (Å²) in [5.41, 5.74) is 0.808. The zero-order valence-electron chi connectivity index (χ0n) is 7.99. The van der Waals surface area contributed by atoms with Gasteiger partial charge in [0.05, 0.1) is 9.12 Å². The standard InChI is InChI=1S/C10H12O.H3OP/c1-8(2)10(11)9-6-4-3-5-7-9;1-2/h3-8H,1-2H3;2H3. The van der Waals surface area contributed by atoms with Crippen LogP contribution in [-0.2, 0) is 4.57 Å². The van der Waals surface area contributed by atoms with Gasteiger partial charge in [-0.25, -0.2) is 0 Å². The number of carbonyl (C=O) groups is 1. The monoisotopic (exact) mass is 198 g/mol. The smallest absolute Gasteiger partial charge is 0.165 e. The van der Waals surface area contributed by atoms with Gasteiger partial charge in [0.25, 0.3) is 0 Å². The maximum Gasteiger partial charge on any atom is 0.165 e. The average Bonchev–Trinajstić information content (AvgIpc) is 2.21. The molecule has 1 aromatic rings. The van der Waals surface area contributed by atoms with Crippen molar-refractivity contribution >= 4 is 14.9 Å². The summed E-state index contributed by atoms with van der Waals surface area (Å²) in [5.74, 6) is 0.308. The highest BCUT2D eigenvalue weighted by Crippen LogP contribution is 2.06. The molecule has 2 nitrogen and oxygen atoms in total. The second-order valence-corrected chi connectivity index (χ2v) is 2.88. The molecule has 0 bridgehead atoms. The fraction of sp³-hybridized carbons (Fsp3) is 0.300. The number of carbonyl (C=O) groups excluding carboxylic acids is 1. The lowest BCUT2D eigenvalue weighted by Crippen LogP contribution is -2.06. The summed E-state index contributed by atoms with van der Waals surface area (Å²) < 4.78 is 8.28. The van der Waals surface area contributed by atoms with Crippen molar-refractivity contribution in [1.82, 2.24) is 0 Å². The summed E-state index contributed by atoms with van der Waals surface area (Å²) in [5, 5.41) is 0. The first-order chi connectivity index (χ1) is 6.22. The van der Waals surface area contributed by atoms with Crippen LogP contribution in [-0.4, -0.2) is 5.78 Å². The van der Waals surface area contributed by atoms with Crippen molar-refractivity contribution in [2.24, 2.45) is 5.92 Å². The molecule has 13 heavy (non-hydrogen) atoms. The van der Waals surface area contributed by atoms with Gasteiger partial charge in [-0.3, -0.25) is 4.79 Å². The Morgan fingerprint density at radius 1 is 1.15 bits per heavy atom. The van der Waals surface area contributed by atoms with Crippen molar-refractivity contribution in [3.8, 4) is 0 Å². The second-order valence-electron chi connectivity index (χ2n) is 2.88. The molecule has 0 radical (unpaired) electrons. The minimum Gasteiger partial charge on any atom is -0.333 e. The molecule has 0 aliphatic rings. The van der Waals surface area contributed by atoms with Crippen LogP contribution in [0.2, 0.25) is 0 Å². The van der Waals surface area contributed by atoms with Gasteiger partial charge in [-0.05, 0) is 0 Å². The van der Waals surface area contributed by atoms with Crippen molar-refractivity contribution < 1.29 is 9.36 Å². The van der Waals surface area contributed by atoms with Crippen LogP contribution in [0.4, 0.5) is 0 Å². The zero-order valence-corrected chi connectivity index (χ0v) is 9.40. The van der Waals surface area contributed by atoms with E-state index in [2.05, 4.69) is 0 Å². The van der Waals surface area contributed by atoms with E-state index in [1.807, 2.05) is 44.2 Å². The Kier molecular flexibility index (Phi) is 6.17. The molecule has 0 saturated carbocycles. The molecule has 0 fully saturated rings. The van der Waals surface area contributed by atoms with Crippen molar-refractivity contribution in [2.45, 2.75) is 13.8 Å². The minimum absolute atomic E-state index is 0.0948. The highest BCUT2D eigenvalue weighted by Gasteiger charge is 2.08. The molecule has 3 heteroatoms. The number of ketones is 1. The highest BCUT2D eigenvalue weighted by atomic mass is 31.0. The van der Waals surface area contributed by atoms with E-state index in [0.717, 1.165) is 5.56 Å². The first-order valence-corrected chi connectivity index (χ1v) is 4.67. The molecule has 1 atom stereocenters. The zero-order chi connectivity index (χ0) is 10.3. The normalized spacial score (nSPS) is 9.15. The van der Waals surface area contributed by atoms with Crippen LogP contribution in [0.25, 0.3) is 0 Å². The summed E-state index contributed by atoms with van der Waals surface area (Å²) in [6.07, 6.45) is 0. The SMILES string of the molecule is CC(C)C(=O)c1ccccc1.O=[PH3]. The van der Waals surface area contributed by atoms with E-state index < -0.39 is 0 Å². The van der Waals surface area contributed by atoms with Crippen molar-refractivity contribution in [1.29, 1.82) is 0 Å². The Labute approximate surface area is 80.6 Å². The predicted molar refractivity (Wildman–Crippen MR) is 57.4 cm³/mol. The molecule has 1 rings (SSSR count). The van der Waals surface area contributed by atoms with Crippen molar-refractivity contribution in [3.05, 3.63) is 35.9 Å². The van der Waals surface area contributed by atoms with E-state index in [9.17, 15) is 4.79 Å². The Balaban J connectivity index is 0.000000671. The number of hydrogen-bond donors (Lipinski definition) is 0. The molecule has 0 saturated heterocycles. The summed E-state index contributed by atoms with van der Waals surface area (Å²) >= 11 is 0. The first kappa shape index (κ1) is 12.1. The van der Waals surface area contributed by atoms with Crippen molar-refractivity contribution in [3.63, 3.8) is 0 Å². The summed E-state index contributed by atoms with van der Waals surface area (Å²) in [7, 11) is 0.611. The highest BCUT2D eigenvalue weighted by molar-refractivity contribution is 7.00. The third-order valence-electron chi connectivity index (χ3n) is 1.58. The Morgan fingerprint density at radius 3 is 2.00 bits per heavy atom. The lowest BCUT2D eigenvalue weighted by atomic mass is 10.0. The predicted octanol–water partition coefficient (Wildman–Crippen LogP) is 2.46. The Morgan fingerprint density at radius 2 is 1.62 bits per heavy atom. The molecular weight excluding hydrogens is 183 g/mol. The van der Waals surface area contributed by atoms with E-state index in [0.29, 0.717) is 9.12 Å². The van der Waals surface area contributed by atoms with Crippen LogP contribution in [0.3, 0.4) is 0 Å². The maximum atomic E-state index is 11.3. The van der Waals surface area contributed by atoms with E-state index >= 15 is 0 Å². The maximum absolute atomic E-state index is 11.3. The van der Waals surface area contributed by atoms with Crippen LogP contribution < -0.4 is 0 Å². The molecule has 0 aliphatic carbocycles. The third kappa shape index (κ3) is 4.05. The molecule has 0 aromatic heterocycles. The fourth-order valence-corrected chi connectivity index (χ4v) is 0.936. The first-order valence-electron chi connectivity index (χ1n) is 4.10. The fourth-order valence-electron chi connectivity index (χ4n) is 0.936. The van der Waals surface area contributed by atoms with Gasteiger partial charge in [0.15, 0.2) is 5.78 Å². The van der Waals surface area contributed by atoms with Crippen LogP contribution in [0.1, 0.15) is 24.2 Å². The summed E-state index contributed by atoms with van der Waals surface area (Å²) in [4.78, 5) is 11.3. The summed E-state index contributed by atoms with van der Waals surface area (Å²) in [6, 6.07) is 9.38. The van der Waals surface area contributed by atoms with Gasteiger partial charge in [-0.15, -0.1) is 0 Å². The molecule has 0 spiro atoms. The molecule has 0 N–H and O–H groups in total. The Hall–Kier alpha value is -0.880. The quantitative estimate of drug-likeness (QED) is 0.540. The van der Waals surface area contributed by atoms with E-state index in [1.165, 1.54) is 0 Å². The molecule has 0 heterocycles. The molecule has 0 amide bonds. The van der Waals surface area contributed by atoms with Crippen LogP contribution in [0.15, 0.2) is 30.3 Å². The van der Waals surface area contributed by atoms with E-state index in [4.69, 9.17) is 4.57 Å². The molecule has 1 unspecified atom stereocenters. The molecule has 1 aromatic carbocycles. The topological polar surface area (TPSA) is 34.1 Å². The molecule has 0 aliphatic heterocycles. The van der Waals surface area contributed by atoms with E-state index in [1.54, 1.807) is 0 Å². The number of benzene rings is 1. The van der Waals surface area contributed by atoms with Gasteiger partial charge in [0, 0.05) is 11.5 Å². The number of rotatable bonds is 2. The number of hydrogen-bond acceptors (Lipinski definition) is 2. The van der Waals surface area contributed by atoms with Crippen LogP contribution in [0, 0.1) is 5.92 Å². The van der Waals surface area contributed by atoms with Gasteiger partial charge in [-0.1, -0.05) is 44.2 Å². The molecular formula is C10H15O2P. The van der Waals surface area contributed by atoms with Crippen molar-refractivity contribution in [2.75, 3.05) is 0 Å². The number of Topliss-reactive ketones (excluding diaryl/α,β-unsaturated/α-hetero) is 1. The van der Waals surface area contributed by atoms with Gasteiger partial charge in [0.1, 0.15) is 0 Å². The van der Waals surface area contributed by atoms with Gasteiger partial charge < -0.3 is 4.57 Å². The Bertz CT molecular complexity index is 257. The minimum atomic E-state index is 0.0948. The lowest BCUT2D eigenvalue weighted by Gasteiger charge is -2.01.